The number of benzene rings is 1. The topological polar surface area (TPSA) is 37.2 Å². The number of hydrogen-bond acceptors (Lipinski definition) is 4. The van der Waals surface area contributed by atoms with Crippen LogP contribution in [0.1, 0.15) is 18.1 Å². The van der Waals surface area contributed by atoms with Gasteiger partial charge in [0, 0.05) is 44.8 Å². The van der Waals surface area contributed by atoms with Gasteiger partial charge in [0.15, 0.2) is 0 Å². The maximum Gasteiger partial charge on any atom is 0.147 e. The number of aryl methyl sites for hydroxylation is 1. The van der Waals surface area contributed by atoms with Crippen molar-refractivity contribution >= 4 is 5.69 Å². The van der Waals surface area contributed by atoms with Crippen molar-refractivity contribution in [3.8, 4) is 0 Å². The van der Waals surface area contributed by atoms with E-state index in [0.29, 0.717) is 0 Å². The fourth-order valence-corrected chi connectivity index (χ4v) is 3.34. The predicted octanol–water partition coefficient (Wildman–Crippen LogP) is 1.69. The zero-order valence-corrected chi connectivity index (χ0v) is 12.6. The number of anilines is 1. The summed E-state index contributed by atoms with van der Waals surface area (Å²) >= 11 is 0. The molecule has 116 valence electrons. The van der Waals surface area contributed by atoms with Crippen molar-refractivity contribution in [1.29, 1.82) is 0 Å². The van der Waals surface area contributed by atoms with E-state index in [2.05, 4.69) is 24.6 Å². The van der Waals surface area contributed by atoms with Gasteiger partial charge < -0.3 is 9.47 Å². The van der Waals surface area contributed by atoms with E-state index in [1.165, 1.54) is 18.6 Å². The van der Waals surface area contributed by atoms with Crippen molar-refractivity contribution in [1.82, 2.24) is 19.7 Å². The standard InChI is InChI=1S/C16H20FN5/c17-13-3-5-14(6-4-13)21-10-8-20(9-11-21)12-16-19-18-15-2-1-7-22(15)16/h3-6H,1-2,7-12H2. The summed E-state index contributed by atoms with van der Waals surface area (Å²) in [5.41, 5.74) is 1.10. The third-order valence-electron chi connectivity index (χ3n) is 4.62. The first-order valence-electron chi connectivity index (χ1n) is 7.93. The molecule has 1 fully saturated rings. The largest absolute Gasteiger partial charge is 0.369 e. The summed E-state index contributed by atoms with van der Waals surface area (Å²) in [5, 5.41) is 8.61. The van der Waals surface area contributed by atoms with Crippen LogP contribution in [-0.4, -0.2) is 45.8 Å². The number of aromatic nitrogens is 3. The fourth-order valence-electron chi connectivity index (χ4n) is 3.34. The lowest BCUT2D eigenvalue weighted by Gasteiger charge is -2.35. The first-order valence-corrected chi connectivity index (χ1v) is 7.93. The molecule has 2 aliphatic heterocycles. The Balaban J connectivity index is 1.36. The van der Waals surface area contributed by atoms with Crippen LogP contribution in [0.15, 0.2) is 24.3 Å². The molecular formula is C16H20FN5. The smallest absolute Gasteiger partial charge is 0.147 e. The summed E-state index contributed by atoms with van der Waals surface area (Å²) in [6.07, 6.45) is 2.25. The molecule has 2 aromatic rings. The highest BCUT2D eigenvalue weighted by atomic mass is 19.1. The lowest BCUT2D eigenvalue weighted by Crippen LogP contribution is -2.46. The van der Waals surface area contributed by atoms with Gasteiger partial charge in [-0.05, 0) is 30.7 Å². The Hall–Kier alpha value is -1.95. The van der Waals surface area contributed by atoms with Crippen LogP contribution in [0.4, 0.5) is 10.1 Å². The molecule has 0 atom stereocenters. The van der Waals surface area contributed by atoms with E-state index in [0.717, 1.165) is 63.0 Å². The highest BCUT2D eigenvalue weighted by molar-refractivity contribution is 5.46. The van der Waals surface area contributed by atoms with Crippen molar-refractivity contribution < 1.29 is 4.39 Å². The molecule has 0 bridgehead atoms. The van der Waals surface area contributed by atoms with Gasteiger partial charge in [-0.25, -0.2) is 4.39 Å². The molecule has 3 heterocycles. The summed E-state index contributed by atoms with van der Waals surface area (Å²) in [6, 6.07) is 6.77. The molecule has 1 saturated heterocycles. The van der Waals surface area contributed by atoms with Gasteiger partial charge in [0.25, 0.3) is 0 Å². The Bertz CT molecular complexity index is 643. The summed E-state index contributed by atoms with van der Waals surface area (Å²) in [4.78, 5) is 4.74. The van der Waals surface area contributed by atoms with Crippen molar-refractivity contribution in [3.63, 3.8) is 0 Å². The van der Waals surface area contributed by atoms with E-state index < -0.39 is 0 Å². The van der Waals surface area contributed by atoms with Crippen molar-refractivity contribution in [3.05, 3.63) is 41.7 Å². The van der Waals surface area contributed by atoms with Gasteiger partial charge in [0.1, 0.15) is 17.5 Å². The summed E-state index contributed by atoms with van der Waals surface area (Å²) < 4.78 is 15.3. The number of piperazine rings is 1. The average molecular weight is 301 g/mol. The number of hydrogen-bond donors (Lipinski definition) is 0. The van der Waals surface area contributed by atoms with Gasteiger partial charge >= 0.3 is 0 Å². The average Bonchev–Trinajstić information content (AvgIpc) is 3.14. The van der Waals surface area contributed by atoms with E-state index in [-0.39, 0.29) is 5.82 Å². The summed E-state index contributed by atoms with van der Waals surface area (Å²) in [6.45, 7) is 5.87. The van der Waals surface area contributed by atoms with Crippen LogP contribution >= 0.6 is 0 Å². The molecule has 0 spiro atoms. The molecule has 4 rings (SSSR count). The van der Waals surface area contributed by atoms with Crippen LogP contribution in [0, 0.1) is 5.82 Å². The van der Waals surface area contributed by atoms with Crippen LogP contribution < -0.4 is 4.90 Å². The highest BCUT2D eigenvalue weighted by Gasteiger charge is 2.22. The third kappa shape index (κ3) is 2.59. The Morgan fingerprint density at radius 2 is 1.73 bits per heavy atom. The molecule has 22 heavy (non-hydrogen) atoms. The van der Waals surface area contributed by atoms with Crippen LogP contribution in [0.25, 0.3) is 0 Å². The highest BCUT2D eigenvalue weighted by Crippen LogP contribution is 2.19. The Kier molecular flexibility index (Phi) is 3.54. The summed E-state index contributed by atoms with van der Waals surface area (Å²) in [5.74, 6) is 2.06. The molecule has 0 aliphatic carbocycles. The first-order chi connectivity index (χ1) is 10.8. The zero-order valence-electron chi connectivity index (χ0n) is 12.6. The summed E-state index contributed by atoms with van der Waals surface area (Å²) in [7, 11) is 0. The molecule has 1 aromatic heterocycles. The van der Waals surface area contributed by atoms with Gasteiger partial charge in [-0.1, -0.05) is 0 Å². The monoisotopic (exact) mass is 301 g/mol. The second kappa shape index (κ2) is 5.68. The molecule has 2 aliphatic rings. The number of nitrogens with zero attached hydrogens (tertiary/aromatic N) is 5. The minimum absolute atomic E-state index is 0.178. The molecule has 0 radical (unpaired) electrons. The van der Waals surface area contributed by atoms with E-state index >= 15 is 0 Å². The van der Waals surface area contributed by atoms with E-state index in [1.807, 2.05) is 12.1 Å². The van der Waals surface area contributed by atoms with Gasteiger partial charge in [0.05, 0.1) is 6.54 Å². The maximum atomic E-state index is 13.0. The van der Waals surface area contributed by atoms with Gasteiger partial charge in [-0.2, -0.15) is 0 Å². The molecular weight excluding hydrogens is 281 g/mol. The lowest BCUT2D eigenvalue weighted by molar-refractivity contribution is 0.240. The zero-order chi connectivity index (χ0) is 14.9. The molecule has 0 N–H and O–H groups in total. The SMILES string of the molecule is Fc1ccc(N2CCN(Cc3nnc4n3CCC4)CC2)cc1. The Morgan fingerprint density at radius 1 is 0.955 bits per heavy atom. The number of halogens is 1. The van der Waals surface area contributed by atoms with Crippen molar-refractivity contribution in [2.45, 2.75) is 25.9 Å². The van der Waals surface area contributed by atoms with E-state index in [1.54, 1.807) is 0 Å². The van der Waals surface area contributed by atoms with Gasteiger partial charge in [-0.3, -0.25) is 4.90 Å². The molecule has 1 aromatic carbocycles. The minimum Gasteiger partial charge on any atom is -0.369 e. The van der Waals surface area contributed by atoms with Gasteiger partial charge in [0.2, 0.25) is 0 Å². The Morgan fingerprint density at radius 3 is 2.50 bits per heavy atom. The molecule has 5 nitrogen and oxygen atoms in total. The van der Waals surface area contributed by atoms with Crippen LogP contribution in [0.2, 0.25) is 0 Å². The minimum atomic E-state index is -0.178. The molecule has 0 saturated carbocycles. The van der Waals surface area contributed by atoms with Crippen LogP contribution in [0.3, 0.4) is 0 Å². The Labute approximate surface area is 129 Å². The number of rotatable bonds is 3. The normalized spacial score (nSPS) is 18.7. The third-order valence-corrected chi connectivity index (χ3v) is 4.62. The molecule has 0 amide bonds. The van der Waals surface area contributed by atoms with Gasteiger partial charge in [-0.15, -0.1) is 10.2 Å². The molecule has 6 heteroatoms. The second-order valence-corrected chi connectivity index (χ2v) is 6.03. The van der Waals surface area contributed by atoms with Crippen LogP contribution in [-0.2, 0) is 19.5 Å². The second-order valence-electron chi connectivity index (χ2n) is 6.03. The predicted molar refractivity (Wildman–Crippen MR) is 82.2 cm³/mol. The molecule has 0 unspecified atom stereocenters. The number of fused-ring (bicyclic) bond motifs is 1. The van der Waals surface area contributed by atoms with Crippen molar-refractivity contribution in [2.75, 3.05) is 31.1 Å². The quantitative estimate of drug-likeness (QED) is 0.864. The van der Waals surface area contributed by atoms with E-state index in [9.17, 15) is 4.39 Å². The maximum absolute atomic E-state index is 13.0. The van der Waals surface area contributed by atoms with Crippen LogP contribution in [0.5, 0.6) is 0 Å². The van der Waals surface area contributed by atoms with E-state index in [4.69, 9.17) is 0 Å². The van der Waals surface area contributed by atoms with Crippen molar-refractivity contribution in [2.24, 2.45) is 0 Å². The fraction of sp³-hybridized carbons (Fsp3) is 0.500. The lowest BCUT2D eigenvalue weighted by atomic mass is 10.2. The first kappa shape index (κ1) is 13.7.